The average Bonchev–Trinajstić information content (AvgIpc) is 3.04. The molecule has 0 saturated carbocycles. The van der Waals surface area contributed by atoms with Crippen molar-refractivity contribution in [2.45, 2.75) is 26.7 Å². The molecule has 7 nitrogen and oxygen atoms in total. The molecular weight excluding hydrogens is 416 g/mol. The van der Waals surface area contributed by atoms with E-state index in [-0.39, 0.29) is 17.7 Å². The maximum atomic E-state index is 13.7. The van der Waals surface area contributed by atoms with Crippen LogP contribution in [0.3, 0.4) is 0 Å². The van der Waals surface area contributed by atoms with Gasteiger partial charge in [0, 0.05) is 45.5 Å². The Hall–Kier alpha value is -3.61. The third kappa shape index (κ3) is 4.49. The molecule has 1 N–H and O–H groups in total. The van der Waals surface area contributed by atoms with Crippen LogP contribution in [0.25, 0.3) is 5.57 Å². The number of nitrogens with zero attached hydrogens (tertiary/aromatic N) is 3. The van der Waals surface area contributed by atoms with Crippen molar-refractivity contribution in [3.8, 4) is 0 Å². The van der Waals surface area contributed by atoms with E-state index in [2.05, 4.69) is 17.1 Å². The second-order valence-electron chi connectivity index (χ2n) is 9.01. The van der Waals surface area contributed by atoms with Crippen molar-refractivity contribution >= 4 is 40.4 Å². The molecule has 0 aliphatic carbocycles. The van der Waals surface area contributed by atoms with Crippen molar-refractivity contribution in [3.05, 3.63) is 59.8 Å². The maximum absolute atomic E-state index is 13.7. The zero-order chi connectivity index (χ0) is 23.7. The molecule has 0 aromatic heterocycles. The highest BCUT2D eigenvalue weighted by atomic mass is 16.2. The minimum Gasteiger partial charge on any atom is -0.378 e. The standard InChI is InChI=1S/C26H30N4O3/c1-17-13-15-29(16-14-17)24-23(19-5-7-20(8-6-19)27-18(2)31)25(32)30(26(24)33)22-11-9-21(10-12-22)28(3)4/h5-12,17H,13-16H2,1-4H3,(H,27,31). The highest BCUT2D eigenvalue weighted by Gasteiger charge is 2.43. The molecule has 2 aliphatic rings. The highest BCUT2D eigenvalue weighted by Crippen LogP contribution is 2.37. The summed E-state index contributed by atoms with van der Waals surface area (Å²) in [6.45, 7) is 5.16. The first-order valence-corrected chi connectivity index (χ1v) is 11.3. The van der Waals surface area contributed by atoms with Gasteiger partial charge in [0.05, 0.1) is 11.3 Å². The van der Waals surface area contributed by atoms with E-state index in [1.807, 2.05) is 43.3 Å². The monoisotopic (exact) mass is 446 g/mol. The Labute approximate surface area is 194 Å². The number of nitrogens with one attached hydrogen (secondary N) is 1. The van der Waals surface area contributed by atoms with Crippen LogP contribution in [0.5, 0.6) is 0 Å². The molecule has 172 valence electrons. The molecule has 4 rings (SSSR count). The number of rotatable bonds is 5. The lowest BCUT2D eigenvalue weighted by Crippen LogP contribution is -2.38. The van der Waals surface area contributed by atoms with Crippen molar-refractivity contribution in [2.75, 3.05) is 42.3 Å². The summed E-state index contributed by atoms with van der Waals surface area (Å²) in [4.78, 5) is 44.0. The highest BCUT2D eigenvalue weighted by molar-refractivity contribution is 6.45. The summed E-state index contributed by atoms with van der Waals surface area (Å²) < 4.78 is 0. The number of imide groups is 1. The topological polar surface area (TPSA) is 73.0 Å². The molecular formula is C26H30N4O3. The summed E-state index contributed by atoms with van der Waals surface area (Å²) in [7, 11) is 3.89. The molecule has 3 amide bonds. The lowest BCUT2D eigenvalue weighted by molar-refractivity contribution is -0.121. The van der Waals surface area contributed by atoms with Gasteiger partial charge in [-0.2, -0.15) is 0 Å². The zero-order valence-corrected chi connectivity index (χ0v) is 19.6. The van der Waals surface area contributed by atoms with Gasteiger partial charge >= 0.3 is 0 Å². The van der Waals surface area contributed by atoms with E-state index >= 15 is 0 Å². The van der Waals surface area contributed by atoms with Gasteiger partial charge in [-0.3, -0.25) is 14.4 Å². The second-order valence-corrected chi connectivity index (χ2v) is 9.01. The van der Waals surface area contributed by atoms with Gasteiger partial charge in [0.25, 0.3) is 11.8 Å². The first-order chi connectivity index (χ1) is 15.8. The minimum atomic E-state index is -0.321. The Kier molecular flexibility index (Phi) is 6.22. The number of likely N-dealkylation sites (tertiary alicyclic amines) is 1. The van der Waals surface area contributed by atoms with Gasteiger partial charge in [-0.05, 0) is 60.7 Å². The summed E-state index contributed by atoms with van der Waals surface area (Å²) in [5.41, 5.74) is 3.75. The van der Waals surface area contributed by atoms with Gasteiger partial charge in [0.15, 0.2) is 0 Å². The summed E-state index contributed by atoms with van der Waals surface area (Å²) >= 11 is 0. The third-order valence-electron chi connectivity index (χ3n) is 6.28. The smallest absolute Gasteiger partial charge is 0.282 e. The number of hydrogen-bond acceptors (Lipinski definition) is 5. The molecule has 2 heterocycles. The fourth-order valence-corrected chi connectivity index (χ4v) is 4.36. The fraction of sp³-hybridized carbons (Fsp3) is 0.346. The number of hydrogen-bond donors (Lipinski definition) is 1. The van der Waals surface area contributed by atoms with Crippen LogP contribution in [0, 0.1) is 5.92 Å². The predicted molar refractivity (Wildman–Crippen MR) is 131 cm³/mol. The van der Waals surface area contributed by atoms with Crippen LogP contribution < -0.4 is 15.1 Å². The van der Waals surface area contributed by atoms with Crippen molar-refractivity contribution in [1.29, 1.82) is 0 Å². The van der Waals surface area contributed by atoms with E-state index in [0.717, 1.165) is 31.6 Å². The van der Waals surface area contributed by atoms with Gasteiger partial charge in [-0.15, -0.1) is 0 Å². The van der Waals surface area contributed by atoms with Crippen LogP contribution in [0.1, 0.15) is 32.3 Å². The first kappa shape index (κ1) is 22.6. The van der Waals surface area contributed by atoms with Crippen molar-refractivity contribution in [1.82, 2.24) is 4.90 Å². The molecule has 0 radical (unpaired) electrons. The van der Waals surface area contributed by atoms with Gasteiger partial charge in [-0.25, -0.2) is 4.90 Å². The van der Waals surface area contributed by atoms with Crippen LogP contribution in [0.2, 0.25) is 0 Å². The Bertz CT molecular complexity index is 1100. The molecule has 1 saturated heterocycles. The lowest BCUT2D eigenvalue weighted by atomic mass is 9.97. The lowest BCUT2D eigenvalue weighted by Gasteiger charge is -2.32. The van der Waals surface area contributed by atoms with E-state index in [1.165, 1.54) is 11.8 Å². The summed E-state index contributed by atoms with van der Waals surface area (Å²) in [5.74, 6) is -0.166. The van der Waals surface area contributed by atoms with E-state index in [0.29, 0.717) is 34.1 Å². The van der Waals surface area contributed by atoms with Crippen molar-refractivity contribution in [3.63, 3.8) is 0 Å². The summed E-state index contributed by atoms with van der Waals surface area (Å²) in [6, 6.07) is 14.5. The molecule has 1 fully saturated rings. The minimum absolute atomic E-state index is 0.162. The van der Waals surface area contributed by atoms with E-state index in [1.54, 1.807) is 24.3 Å². The van der Waals surface area contributed by atoms with Gasteiger partial charge in [0.1, 0.15) is 5.70 Å². The normalized spacial score (nSPS) is 17.1. The van der Waals surface area contributed by atoms with Crippen LogP contribution in [-0.2, 0) is 14.4 Å². The summed E-state index contributed by atoms with van der Waals surface area (Å²) in [6.07, 6.45) is 1.97. The van der Waals surface area contributed by atoms with Crippen molar-refractivity contribution < 1.29 is 14.4 Å². The largest absolute Gasteiger partial charge is 0.378 e. The second kappa shape index (κ2) is 9.10. The Balaban J connectivity index is 1.74. The van der Waals surface area contributed by atoms with E-state index < -0.39 is 0 Å². The number of piperidine rings is 1. The number of benzene rings is 2. The van der Waals surface area contributed by atoms with Crippen LogP contribution >= 0.6 is 0 Å². The number of carbonyl (C=O) groups excluding carboxylic acids is 3. The Morgan fingerprint density at radius 1 is 0.939 bits per heavy atom. The van der Waals surface area contributed by atoms with E-state index in [4.69, 9.17) is 0 Å². The van der Waals surface area contributed by atoms with Gasteiger partial charge < -0.3 is 15.1 Å². The maximum Gasteiger partial charge on any atom is 0.282 e. The summed E-state index contributed by atoms with van der Waals surface area (Å²) in [5, 5.41) is 2.74. The molecule has 0 unspecified atom stereocenters. The number of amides is 3. The Morgan fingerprint density at radius 3 is 2.09 bits per heavy atom. The third-order valence-corrected chi connectivity index (χ3v) is 6.28. The molecule has 7 heteroatoms. The number of carbonyl (C=O) groups is 3. The van der Waals surface area contributed by atoms with Gasteiger partial charge in [-0.1, -0.05) is 19.1 Å². The number of anilines is 3. The van der Waals surface area contributed by atoms with Crippen molar-refractivity contribution in [2.24, 2.45) is 5.92 Å². The molecule has 2 aromatic rings. The molecule has 0 atom stereocenters. The van der Waals surface area contributed by atoms with Gasteiger partial charge in [0.2, 0.25) is 5.91 Å². The average molecular weight is 447 g/mol. The quantitative estimate of drug-likeness (QED) is 0.709. The SMILES string of the molecule is CC(=O)Nc1ccc(C2=C(N3CCC(C)CC3)C(=O)N(c3ccc(N(C)C)cc3)C2=O)cc1. The van der Waals surface area contributed by atoms with Crippen LogP contribution in [-0.4, -0.2) is 49.8 Å². The predicted octanol–water partition coefficient (Wildman–Crippen LogP) is 3.73. The molecule has 33 heavy (non-hydrogen) atoms. The molecule has 0 bridgehead atoms. The van der Waals surface area contributed by atoms with E-state index in [9.17, 15) is 14.4 Å². The fourth-order valence-electron chi connectivity index (χ4n) is 4.36. The van der Waals surface area contributed by atoms with Crippen LogP contribution in [0.4, 0.5) is 17.1 Å². The first-order valence-electron chi connectivity index (χ1n) is 11.3. The molecule has 0 spiro atoms. The molecule has 2 aliphatic heterocycles. The Morgan fingerprint density at radius 2 is 1.55 bits per heavy atom. The van der Waals surface area contributed by atoms with Crippen LogP contribution in [0.15, 0.2) is 54.2 Å². The zero-order valence-electron chi connectivity index (χ0n) is 19.6. The molecule has 2 aromatic carbocycles.